The Morgan fingerprint density at radius 2 is 1.09 bits per heavy atom. The van der Waals surface area contributed by atoms with E-state index in [1.807, 2.05) is 64.6 Å². The first-order valence-corrected chi connectivity index (χ1v) is 27.3. The second kappa shape index (κ2) is 24.0. The number of benzene rings is 7. The number of amides is 5. The molecule has 4 aromatic heterocycles. The van der Waals surface area contributed by atoms with Gasteiger partial charge in [0.25, 0.3) is 17.7 Å². The van der Waals surface area contributed by atoms with Gasteiger partial charge in [-0.25, -0.2) is 23.7 Å². The van der Waals surface area contributed by atoms with E-state index in [2.05, 4.69) is 30.9 Å². The van der Waals surface area contributed by atoms with Crippen molar-refractivity contribution in [2.24, 2.45) is 0 Å². The zero-order valence-corrected chi connectivity index (χ0v) is 45.2. The molecule has 0 radical (unpaired) electrons. The van der Waals surface area contributed by atoms with E-state index in [4.69, 9.17) is 5.73 Å². The van der Waals surface area contributed by atoms with Crippen LogP contribution in [0, 0.1) is 11.6 Å². The van der Waals surface area contributed by atoms with Gasteiger partial charge >= 0.3 is 0 Å². The van der Waals surface area contributed by atoms with E-state index in [9.17, 15) is 32.8 Å². The van der Waals surface area contributed by atoms with Crippen molar-refractivity contribution in [2.45, 2.75) is 25.2 Å². The number of nitrogens with one attached hydrogen (secondary N) is 3. The molecule has 20 heteroatoms. The Bertz CT molecular complexity index is 4010. The normalized spacial score (nSPS) is 11.8. The highest BCUT2D eigenvalue weighted by atomic mass is 32.1. The number of likely N-dealkylation sites (N-methyl/N-ethyl adjacent to an activating group) is 2. The molecule has 0 bridgehead atoms. The maximum Gasteiger partial charge on any atom is 0.281 e. The number of halogens is 2. The van der Waals surface area contributed by atoms with Crippen LogP contribution in [0.5, 0.6) is 0 Å². The van der Waals surface area contributed by atoms with Gasteiger partial charge in [-0.1, -0.05) is 103 Å². The van der Waals surface area contributed by atoms with Gasteiger partial charge in [-0.2, -0.15) is 0 Å². The van der Waals surface area contributed by atoms with Crippen molar-refractivity contribution in [3.05, 3.63) is 237 Å². The largest absolute Gasteiger partial charge is 0.399 e. The van der Waals surface area contributed by atoms with Crippen LogP contribution in [0.15, 0.2) is 188 Å². The molecule has 15 nitrogen and oxygen atoms in total. The summed E-state index contributed by atoms with van der Waals surface area (Å²) in [5.74, 6) is -2.56. The Morgan fingerprint density at radius 3 is 1.62 bits per heavy atom. The van der Waals surface area contributed by atoms with Crippen LogP contribution in [0.1, 0.15) is 64.3 Å². The first kappa shape index (κ1) is 53.9. The van der Waals surface area contributed by atoms with Gasteiger partial charge in [0.05, 0.1) is 26.1 Å². The van der Waals surface area contributed by atoms with Crippen molar-refractivity contribution in [3.63, 3.8) is 0 Å². The predicted molar refractivity (Wildman–Crippen MR) is 309 cm³/mol. The summed E-state index contributed by atoms with van der Waals surface area (Å²) in [6.07, 6.45) is 3.82. The van der Waals surface area contributed by atoms with E-state index in [0.29, 0.717) is 49.5 Å². The number of hydrogen-bond donors (Lipinski definition) is 4. The number of nitrogens with zero attached hydrogens (tertiary/aromatic N) is 6. The Kier molecular flexibility index (Phi) is 16.2. The highest BCUT2D eigenvalue weighted by molar-refractivity contribution is 7.20. The Balaban J connectivity index is 0.000000196. The highest BCUT2D eigenvalue weighted by Gasteiger charge is 2.29. The quantitative estimate of drug-likeness (QED) is 0.0722. The molecule has 0 saturated carbocycles. The van der Waals surface area contributed by atoms with E-state index < -0.39 is 23.9 Å². The van der Waals surface area contributed by atoms with E-state index in [-0.39, 0.29) is 52.5 Å². The fraction of sp³-hybridized carbons (Fsp3) is 0.100. The van der Waals surface area contributed by atoms with Crippen molar-refractivity contribution in [1.82, 2.24) is 39.8 Å². The van der Waals surface area contributed by atoms with Crippen LogP contribution in [-0.2, 0) is 22.7 Å². The van der Waals surface area contributed by atoms with Crippen molar-refractivity contribution >= 4 is 100 Å². The first-order valence-electron chi connectivity index (χ1n) is 24.8. The lowest BCUT2D eigenvalue weighted by molar-refractivity contribution is -0.133. The Morgan fingerprint density at radius 1 is 0.588 bits per heavy atom. The van der Waals surface area contributed by atoms with Crippen molar-refractivity contribution in [2.75, 3.05) is 25.1 Å². The molecule has 0 aliphatic carbocycles. The number of thiazole rings is 3. The fourth-order valence-electron chi connectivity index (χ4n) is 8.67. The van der Waals surface area contributed by atoms with Crippen LogP contribution in [0.2, 0.25) is 0 Å². The summed E-state index contributed by atoms with van der Waals surface area (Å²) in [6.45, 7) is 0.512. The third-order valence-electron chi connectivity index (χ3n) is 12.7. The van der Waals surface area contributed by atoms with E-state index in [1.54, 1.807) is 117 Å². The lowest BCUT2D eigenvalue weighted by Gasteiger charge is -2.25. The lowest BCUT2D eigenvalue weighted by atomic mass is 10.0. The van der Waals surface area contributed by atoms with Crippen molar-refractivity contribution in [3.8, 4) is 11.3 Å². The van der Waals surface area contributed by atoms with Gasteiger partial charge in [0.15, 0.2) is 15.0 Å². The molecule has 2 atom stereocenters. The zero-order chi connectivity index (χ0) is 55.9. The van der Waals surface area contributed by atoms with Gasteiger partial charge in [0.1, 0.15) is 23.7 Å². The minimum absolute atomic E-state index is 0.175. The lowest BCUT2D eigenvalue weighted by Crippen LogP contribution is -2.41. The molecule has 5 N–H and O–H groups in total. The van der Waals surface area contributed by atoms with Gasteiger partial charge in [-0.05, 0) is 89.0 Å². The minimum atomic E-state index is -0.975. The van der Waals surface area contributed by atoms with E-state index in [1.165, 1.54) is 56.7 Å². The number of fused-ring (bicyclic) bond motifs is 3. The molecule has 4 heterocycles. The number of rotatable bonds is 15. The van der Waals surface area contributed by atoms with Crippen LogP contribution in [-0.4, -0.2) is 72.8 Å². The maximum absolute atomic E-state index is 13.6. The molecule has 11 aromatic rings. The second-order valence-electron chi connectivity index (χ2n) is 18.4. The molecule has 400 valence electrons. The molecule has 0 aliphatic rings. The molecule has 0 fully saturated rings. The van der Waals surface area contributed by atoms with Gasteiger partial charge in [0, 0.05) is 67.5 Å². The summed E-state index contributed by atoms with van der Waals surface area (Å²) in [5.41, 5.74) is 12.9. The molecule has 0 aliphatic heterocycles. The van der Waals surface area contributed by atoms with Crippen LogP contribution >= 0.6 is 34.0 Å². The fourth-order valence-corrected chi connectivity index (χ4v) is 11.2. The number of anilines is 2. The summed E-state index contributed by atoms with van der Waals surface area (Å²) in [7, 11) is 3.28. The van der Waals surface area contributed by atoms with Gasteiger partial charge < -0.3 is 31.5 Å². The standard InChI is InChI=1S/C36H27FN6O3S2.C24H21FN4O2S/c1-42(20-22-11-13-24(37)14-12-22)35(46)31(23-7-3-2-4-8-23)41-33(45)34-39-28-16-15-25(19-30(28)48-34)38-32(44)27-10-6-5-9-26(27)29-21-43-17-18-47-36(43)40-29;1-29(14-15-7-9-17(25)10-8-15)24(31)21(16-5-3-2-4-6-16)28-22(30)23-27-19-12-11-18(26)13-20(19)32-23/h2-19,21,31H,20H2,1H3,(H,38,44)(H,41,45);2-13,21H,14,26H2,1H3,(H,28,30)/t31-;21-/m00/s1. The van der Waals surface area contributed by atoms with Gasteiger partial charge in [0.2, 0.25) is 11.8 Å². The van der Waals surface area contributed by atoms with Crippen LogP contribution in [0.25, 0.3) is 36.7 Å². The SMILES string of the molecule is CN(Cc1ccc(F)cc1)C(=O)[C@@H](NC(=O)c1nc2ccc(N)cc2s1)c1ccccc1.CN(Cc1ccc(F)cc1)C(=O)[C@@H](NC(=O)c1nc2ccc(NC(=O)c3ccccc3-c3cn4ccsc4n3)cc2s1)c1ccccc1. The summed E-state index contributed by atoms with van der Waals surface area (Å²) in [5, 5.41) is 11.0. The molecule has 80 heavy (non-hydrogen) atoms. The van der Waals surface area contributed by atoms with Crippen molar-refractivity contribution < 1.29 is 32.8 Å². The van der Waals surface area contributed by atoms with E-state index >= 15 is 0 Å². The second-order valence-corrected chi connectivity index (χ2v) is 21.4. The number of aromatic nitrogens is 4. The third kappa shape index (κ3) is 12.6. The molecule has 5 amide bonds. The summed E-state index contributed by atoms with van der Waals surface area (Å²) < 4.78 is 30.0. The molecule has 11 rings (SSSR count). The predicted octanol–water partition coefficient (Wildman–Crippen LogP) is 11.3. The first-order chi connectivity index (χ1) is 38.7. The molecule has 0 spiro atoms. The molecule has 7 aromatic carbocycles. The average Bonchev–Trinajstić information content (AvgIpc) is 4.30. The maximum atomic E-state index is 13.6. The van der Waals surface area contributed by atoms with E-state index in [0.717, 1.165) is 37.7 Å². The molecular formula is C60H48F2N10O5S3. The number of carbonyl (C=O) groups excluding carboxylic acids is 5. The summed E-state index contributed by atoms with van der Waals surface area (Å²) in [4.78, 5) is 84.3. The highest BCUT2D eigenvalue weighted by Crippen LogP contribution is 2.30. The molecule has 0 saturated heterocycles. The van der Waals surface area contributed by atoms with Gasteiger partial charge in [-0.3, -0.25) is 28.4 Å². The Labute approximate surface area is 469 Å². The van der Waals surface area contributed by atoms with Crippen LogP contribution in [0.4, 0.5) is 20.2 Å². The molecule has 0 unspecified atom stereocenters. The van der Waals surface area contributed by atoms with Crippen molar-refractivity contribution in [1.29, 1.82) is 0 Å². The van der Waals surface area contributed by atoms with Gasteiger partial charge in [-0.15, -0.1) is 34.0 Å². The third-order valence-corrected chi connectivity index (χ3v) is 15.5. The number of nitrogen functional groups attached to an aromatic ring is 1. The van der Waals surface area contributed by atoms with Crippen LogP contribution in [0.3, 0.4) is 0 Å². The number of imidazole rings is 1. The average molecular weight is 1120 g/mol. The summed E-state index contributed by atoms with van der Waals surface area (Å²) in [6, 6.07) is 45.8. The van der Waals surface area contributed by atoms with Crippen LogP contribution < -0.4 is 21.7 Å². The topological polar surface area (TPSA) is 197 Å². The summed E-state index contributed by atoms with van der Waals surface area (Å²) >= 11 is 3.90. The number of carbonyl (C=O) groups is 5. The number of nitrogens with two attached hydrogens (primary N) is 1. The Hall–Kier alpha value is -9.50. The smallest absolute Gasteiger partial charge is 0.281 e. The monoisotopic (exact) mass is 1120 g/mol. The zero-order valence-electron chi connectivity index (χ0n) is 42.7. The molecular weight excluding hydrogens is 1070 g/mol. The minimum Gasteiger partial charge on any atom is -0.399 e. The number of hydrogen-bond acceptors (Lipinski definition) is 12.